The topological polar surface area (TPSA) is 54.5 Å². The standard InChI is InChI=1S/C11H13BrClN3O2/c12-8-5-9(13)11(14-6-8)15-7-10(17)16-1-3-18-4-2-16/h5-6H,1-4,7H2,(H,14,15). The molecule has 1 fully saturated rings. The first-order chi connectivity index (χ1) is 8.66. The number of rotatable bonds is 3. The van der Waals surface area contributed by atoms with Crippen LogP contribution in [-0.4, -0.2) is 48.6 Å². The Morgan fingerprint density at radius 1 is 1.56 bits per heavy atom. The first kappa shape index (κ1) is 13.6. The minimum absolute atomic E-state index is 0.0269. The van der Waals surface area contributed by atoms with Gasteiger partial charge in [0.05, 0.1) is 24.8 Å². The third kappa shape index (κ3) is 3.57. The first-order valence-corrected chi connectivity index (χ1v) is 6.74. The molecule has 1 aromatic heterocycles. The molecule has 2 rings (SSSR count). The molecule has 1 aromatic rings. The molecule has 0 saturated carbocycles. The van der Waals surface area contributed by atoms with E-state index < -0.39 is 0 Å². The van der Waals surface area contributed by atoms with Crippen LogP contribution in [0.25, 0.3) is 0 Å². The molecule has 0 bridgehead atoms. The Kier molecular flexibility index (Phi) is 4.79. The van der Waals surface area contributed by atoms with Crippen LogP contribution in [0.2, 0.25) is 5.02 Å². The lowest BCUT2D eigenvalue weighted by Gasteiger charge is -2.27. The van der Waals surface area contributed by atoms with Gasteiger partial charge in [0.2, 0.25) is 5.91 Å². The summed E-state index contributed by atoms with van der Waals surface area (Å²) in [4.78, 5) is 17.8. The van der Waals surface area contributed by atoms with Crippen LogP contribution < -0.4 is 5.32 Å². The summed E-state index contributed by atoms with van der Waals surface area (Å²) in [6.07, 6.45) is 1.63. The van der Waals surface area contributed by atoms with Gasteiger partial charge in [0, 0.05) is 23.8 Å². The van der Waals surface area contributed by atoms with Gasteiger partial charge in [0.25, 0.3) is 0 Å². The van der Waals surface area contributed by atoms with Gasteiger partial charge in [-0.3, -0.25) is 4.79 Å². The van der Waals surface area contributed by atoms with Gasteiger partial charge in [-0.25, -0.2) is 4.98 Å². The van der Waals surface area contributed by atoms with Crippen LogP contribution in [0.4, 0.5) is 5.82 Å². The fraction of sp³-hybridized carbons (Fsp3) is 0.455. The highest BCUT2D eigenvalue weighted by Gasteiger charge is 2.16. The number of pyridine rings is 1. The van der Waals surface area contributed by atoms with Crippen molar-refractivity contribution >= 4 is 39.3 Å². The molecule has 0 unspecified atom stereocenters. The predicted octanol–water partition coefficient (Wildman–Crippen LogP) is 1.77. The van der Waals surface area contributed by atoms with E-state index in [1.807, 2.05) is 0 Å². The number of aromatic nitrogens is 1. The second-order valence-electron chi connectivity index (χ2n) is 3.83. The molecule has 1 amide bonds. The lowest BCUT2D eigenvalue weighted by molar-refractivity contribution is -0.133. The smallest absolute Gasteiger partial charge is 0.242 e. The minimum Gasteiger partial charge on any atom is -0.378 e. The van der Waals surface area contributed by atoms with Crippen molar-refractivity contribution in [2.24, 2.45) is 0 Å². The highest BCUT2D eigenvalue weighted by molar-refractivity contribution is 9.10. The van der Waals surface area contributed by atoms with Gasteiger partial charge < -0.3 is 15.0 Å². The highest BCUT2D eigenvalue weighted by atomic mass is 79.9. The molecule has 98 valence electrons. The van der Waals surface area contributed by atoms with Crippen molar-refractivity contribution in [1.29, 1.82) is 0 Å². The maximum Gasteiger partial charge on any atom is 0.242 e. The van der Waals surface area contributed by atoms with Gasteiger partial charge in [-0.2, -0.15) is 0 Å². The van der Waals surface area contributed by atoms with E-state index >= 15 is 0 Å². The van der Waals surface area contributed by atoms with Crippen LogP contribution in [-0.2, 0) is 9.53 Å². The third-order valence-corrected chi connectivity index (χ3v) is 3.30. The van der Waals surface area contributed by atoms with Crippen LogP contribution in [0.3, 0.4) is 0 Å². The molecule has 1 aliphatic rings. The molecule has 0 radical (unpaired) electrons. The van der Waals surface area contributed by atoms with E-state index in [2.05, 4.69) is 26.2 Å². The quantitative estimate of drug-likeness (QED) is 0.915. The fourth-order valence-corrected chi connectivity index (χ4v) is 2.32. The summed E-state index contributed by atoms with van der Waals surface area (Å²) in [7, 11) is 0. The monoisotopic (exact) mass is 333 g/mol. The van der Waals surface area contributed by atoms with E-state index in [-0.39, 0.29) is 12.5 Å². The van der Waals surface area contributed by atoms with E-state index in [0.29, 0.717) is 37.1 Å². The molecule has 1 N–H and O–H groups in total. The number of ether oxygens (including phenoxy) is 1. The average Bonchev–Trinajstić information content (AvgIpc) is 2.38. The molecule has 0 aromatic carbocycles. The number of amides is 1. The molecular formula is C11H13BrClN3O2. The lowest BCUT2D eigenvalue weighted by atomic mass is 10.4. The molecule has 18 heavy (non-hydrogen) atoms. The van der Waals surface area contributed by atoms with Crippen molar-refractivity contribution in [2.45, 2.75) is 0 Å². The SMILES string of the molecule is O=C(CNc1ncc(Br)cc1Cl)N1CCOCC1. The average molecular weight is 335 g/mol. The predicted molar refractivity (Wildman–Crippen MR) is 72.8 cm³/mol. The summed E-state index contributed by atoms with van der Waals surface area (Å²) in [6, 6.07) is 1.73. The number of hydrogen-bond donors (Lipinski definition) is 1. The zero-order valence-electron chi connectivity index (χ0n) is 9.66. The number of carbonyl (C=O) groups excluding carboxylic acids is 1. The molecular weight excluding hydrogens is 321 g/mol. The summed E-state index contributed by atoms with van der Waals surface area (Å²) in [5.74, 6) is 0.542. The number of carbonyl (C=O) groups is 1. The fourth-order valence-electron chi connectivity index (χ4n) is 1.63. The molecule has 0 aliphatic carbocycles. The Morgan fingerprint density at radius 3 is 2.94 bits per heavy atom. The summed E-state index contributed by atoms with van der Waals surface area (Å²) in [6.45, 7) is 2.67. The largest absolute Gasteiger partial charge is 0.378 e. The van der Waals surface area contributed by atoms with Gasteiger partial charge in [0.1, 0.15) is 5.82 Å². The van der Waals surface area contributed by atoms with Gasteiger partial charge in [-0.1, -0.05) is 11.6 Å². The normalized spacial score (nSPS) is 15.6. The Morgan fingerprint density at radius 2 is 2.28 bits per heavy atom. The second kappa shape index (κ2) is 6.36. The van der Waals surface area contributed by atoms with E-state index in [9.17, 15) is 4.79 Å². The number of nitrogens with one attached hydrogen (secondary N) is 1. The minimum atomic E-state index is 0.0269. The van der Waals surface area contributed by atoms with Crippen LogP contribution in [0.5, 0.6) is 0 Å². The molecule has 2 heterocycles. The Labute approximate surface area is 119 Å². The van der Waals surface area contributed by atoms with Crippen molar-refractivity contribution < 1.29 is 9.53 Å². The van der Waals surface area contributed by atoms with Crippen molar-refractivity contribution in [3.05, 3.63) is 21.8 Å². The van der Waals surface area contributed by atoms with Gasteiger partial charge in [0.15, 0.2) is 0 Å². The number of nitrogens with zero attached hydrogens (tertiary/aromatic N) is 2. The molecule has 1 aliphatic heterocycles. The zero-order chi connectivity index (χ0) is 13.0. The summed E-state index contributed by atoms with van der Waals surface area (Å²) in [5.41, 5.74) is 0. The van der Waals surface area contributed by atoms with E-state index in [1.165, 1.54) is 0 Å². The molecule has 1 saturated heterocycles. The van der Waals surface area contributed by atoms with Gasteiger partial charge in [-0.15, -0.1) is 0 Å². The Balaban J connectivity index is 1.88. The molecule has 0 atom stereocenters. The molecule has 7 heteroatoms. The zero-order valence-corrected chi connectivity index (χ0v) is 12.0. The van der Waals surface area contributed by atoms with Crippen molar-refractivity contribution in [3.8, 4) is 0 Å². The number of morpholine rings is 1. The van der Waals surface area contributed by atoms with Crippen molar-refractivity contribution in [1.82, 2.24) is 9.88 Å². The Hall–Kier alpha value is -0.850. The first-order valence-electron chi connectivity index (χ1n) is 5.57. The maximum absolute atomic E-state index is 11.9. The van der Waals surface area contributed by atoms with Crippen LogP contribution in [0, 0.1) is 0 Å². The maximum atomic E-state index is 11.9. The summed E-state index contributed by atoms with van der Waals surface area (Å²) < 4.78 is 6.00. The second-order valence-corrected chi connectivity index (χ2v) is 5.15. The van der Waals surface area contributed by atoms with Crippen LogP contribution in [0.15, 0.2) is 16.7 Å². The lowest BCUT2D eigenvalue weighted by Crippen LogP contribution is -2.43. The van der Waals surface area contributed by atoms with E-state index in [1.54, 1.807) is 17.2 Å². The van der Waals surface area contributed by atoms with Gasteiger partial charge in [-0.05, 0) is 22.0 Å². The number of halogens is 2. The van der Waals surface area contributed by atoms with E-state index in [4.69, 9.17) is 16.3 Å². The van der Waals surface area contributed by atoms with Crippen LogP contribution in [0.1, 0.15) is 0 Å². The summed E-state index contributed by atoms with van der Waals surface area (Å²) in [5, 5.41) is 3.43. The van der Waals surface area contributed by atoms with E-state index in [0.717, 1.165) is 4.47 Å². The Bertz CT molecular complexity index is 438. The highest BCUT2D eigenvalue weighted by Crippen LogP contribution is 2.22. The van der Waals surface area contributed by atoms with Gasteiger partial charge >= 0.3 is 0 Å². The van der Waals surface area contributed by atoms with Crippen LogP contribution >= 0.6 is 27.5 Å². The third-order valence-electron chi connectivity index (χ3n) is 2.58. The molecule has 5 nitrogen and oxygen atoms in total. The van der Waals surface area contributed by atoms with Crippen molar-refractivity contribution in [2.75, 3.05) is 38.2 Å². The molecule has 0 spiro atoms. The number of anilines is 1. The number of hydrogen-bond acceptors (Lipinski definition) is 4. The van der Waals surface area contributed by atoms with Crippen molar-refractivity contribution in [3.63, 3.8) is 0 Å². The summed E-state index contributed by atoms with van der Waals surface area (Å²) >= 11 is 9.27.